The summed E-state index contributed by atoms with van der Waals surface area (Å²) >= 11 is 0. The molecule has 1 aliphatic rings. The Kier molecular flexibility index (Phi) is 6.79. The van der Waals surface area contributed by atoms with E-state index < -0.39 is 33.9 Å². The fourth-order valence-electron chi connectivity index (χ4n) is 4.72. The predicted molar refractivity (Wildman–Crippen MR) is 137 cm³/mol. The molecule has 1 saturated heterocycles. The zero-order valence-electron chi connectivity index (χ0n) is 20.6. The molecule has 1 aromatic carbocycles. The zero-order valence-corrected chi connectivity index (χ0v) is 21.4. The predicted octanol–water partition coefficient (Wildman–Crippen LogP) is 4.06. The van der Waals surface area contributed by atoms with E-state index in [4.69, 9.17) is 0 Å². The molecule has 1 fully saturated rings. The molecule has 39 heavy (non-hydrogen) atoms. The molecule has 9 nitrogen and oxygen atoms in total. The first-order valence-corrected chi connectivity index (χ1v) is 13.4. The molecule has 2 atom stereocenters. The molecule has 0 spiro atoms. The second-order valence-corrected chi connectivity index (χ2v) is 11.2. The van der Waals surface area contributed by atoms with E-state index in [9.17, 15) is 32.0 Å². The minimum Gasteiger partial charge on any atom is -0.390 e. The Morgan fingerprint density at radius 1 is 1.15 bits per heavy atom. The van der Waals surface area contributed by atoms with Crippen LogP contribution in [0.2, 0.25) is 0 Å². The SMILES string of the molecule is Cc1c(-c2ccc(S(=O)(=O)N3CC[C@@H](Nc4ccc(C(F)(F)F)cn4)[C@@H](O)C3)cc2)cnc2[nH]cc(C#N)c12. The molecule has 5 rings (SSSR count). The number of aliphatic hydroxyl groups is 1. The van der Waals surface area contributed by atoms with E-state index in [1.54, 1.807) is 24.5 Å². The number of nitrogens with zero attached hydrogens (tertiary/aromatic N) is 4. The van der Waals surface area contributed by atoms with E-state index >= 15 is 0 Å². The largest absolute Gasteiger partial charge is 0.417 e. The maximum Gasteiger partial charge on any atom is 0.417 e. The first-order valence-electron chi connectivity index (χ1n) is 11.9. The third-order valence-corrected chi connectivity index (χ3v) is 8.73. The van der Waals surface area contributed by atoms with Crippen LogP contribution in [0.1, 0.15) is 23.1 Å². The number of aliphatic hydroxyl groups excluding tert-OH is 1. The van der Waals surface area contributed by atoms with Crippen LogP contribution in [0.3, 0.4) is 0 Å². The summed E-state index contributed by atoms with van der Waals surface area (Å²) in [5.74, 6) is 0.156. The summed E-state index contributed by atoms with van der Waals surface area (Å²) in [7, 11) is -3.92. The fourth-order valence-corrected chi connectivity index (χ4v) is 6.19. The minimum absolute atomic E-state index is 0.0558. The number of sulfonamides is 1. The number of benzene rings is 1. The van der Waals surface area contributed by atoms with Crippen LogP contribution in [0.4, 0.5) is 19.0 Å². The molecule has 202 valence electrons. The summed E-state index contributed by atoms with van der Waals surface area (Å²) in [6.07, 6.45) is -1.42. The average Bonchev–Trinajstić information content (AvgIpc) is 3.34. The summed E-state index contributed by atoms with van der Waals surface area (Å²) in [6, 6.07) is 9.93. The minimum atomic E-state index is -4.50. The topological polar surface area (TPSA) is 135 Å². The molecule has 4 heterocycles. The van der Waals surface area contributed by atoms with Crippen molar-refractivity contribution in [2.75, 3.05) is 18.4 Å². The van der Waals surface area contributed by atoms with E-state index in [0.29, 0.717) is 22.8 Å². The quantitative estimate of drug-likeness (QED) is 0.337. The second-order valence-electron chi connectivity index (χ2n) is 9.26. The number of β-amino-alcohol motifs (C(OH)–C–C–N with tert-alkyl or cyclic N) is 1. The van der Waals surface area contributed by atoms with Gasteiger partial charge in [0.25, 0.3) is 0 Å². The van der Waals surface area contributed by atoms with Gasteiger partial charge in [-0.15, -0.1) is 0 Å². The van der Waals surface area contributed by atoms with E-state index in [0.717, 1.165) is 22.8 Å². The van der Waals surface area contributed by atoms with Gasteiger partial charge in [0.2, 0.25) is 10.0 Å². The highest BCUT2D eigenvalue weighted by molar-refractivity contribution is 7.89. The number of hydrogen-bond acceptors (Lipinski definition) is 7. The molecule has 4 aromatic rings. The van der Waals surface area contributed by atoms with Crippen molar-refractivity contribution in [1.29, 1.82) is 5.26 Å². The molecule has 0 bridgehead atoms. The summed E-state index contributed by atoms with van der Waals surface area (Å²) < 4.78 is 66.0. The number of anilines is 1. The molecule has 0 radical (unpaired) electrons. The van der Waals surface area contributed by atoms with Gasteiger partial charge in [0.15, 0.2) is 0 Å². The van der Waals surface area contributed by atoms with Crippen molar-refractivity contribution in [2.24, 2.45) is 0 Å². The second kappa shape index (κ2) is 9.96. The first kappa shape index (κ1) is 26.6. The Bertz CT molecular complexity index is 1660. The van der Waals surface area contributed by atoms with Crippen LogP contribution in [0.5, 0.6) is 0 Å². The van der Waals surface area contributed by atoms with Crippen LogP contribution in [0.25, 0.3) is 22.2 Å². The number of pyridine rings is 2. The van der Waals surface area contributed by atoms with Gasteiger partial charge >= 0.3 is 6.18 Å². The van der Waals surface area contributed by atoms with Gasteiger partial charge < -0.3 is 15.4 Å². The number of fused-ring (bicyclic) bond motifs is 1. The van der Waals surface area contributed by atoms with Gasteiger partial charge in [-0.05, 0) is 48.7 Å². The Morgan fingerprint density at radius 3 is 2.51 bits per heavy atom. The van der Waals surface area contributed by atoms with Crippen molar-refractivity contribution < 1.29 is 26.7 Å². The number of H-pyrrole nitrogens is 1. The van der Waals surface area contributed by atoms with E-state index in [1.807, 2.05) is 6.92 Å². The fraction of sp³-hybridized carbons (Fsp3) is 0.269. The van der Waals surface area contributed by atoms with E-state index in [2.05, 4.69) is 26.3 Å². The van der Waals surface area contributed by atoms with Gasteiger partial charge in [-0.1, -0.05) is 12.1 Å². The van der Waals surface area contributed by atoms with Crippen molar-refractivity contribution >= 4 is 26.9 Å². The lowest BCUT2D eigenvalue weighted by Gasteiger charge is -2.35. The molecule has 0 saturated carbocycles. The van der Waals surface area contributed by atoms with Crippen LogP contribution in [0, 0.1) is 18.3 Å². The van der Waals surface area contributed by atoms with Gasteiger partial charge in [0, 0.05) is 42.6 Å². The number of aromatic nitrogens is 3. The van der Waals surface area contributed by atoms with Crippen molar-refractivity contribution in [3.05, 3.63) is 71.7 Å². The molecule has 0 unspecified atom stereocenters. The van der Waals surface area contributed by atoms with Gasteiger partial charge in [-0.25, -0.2) is 18.4 Å². The third-order valence-electron chi connectivity index (χ3n) is 6.85. The van der Waals surface area contributed by atoms with Crippen molar-refractivity contribution in [3.63, 3.8) is 0 Å². The average molecular weight is 557 g/mol. The Balaban J connectivity index is 1.29. The lowest BCUT2D eigenvalue weighted by atomic mass is 9.99. The number of nitrogens with one attached hydrogen (secondary N) is 2. The molecule has 3 aromatic heterocycles. The molecule has 0 aliphatic carbocycles. The van der Waals surface area contributed by atoms with Crippen molar-refractivity contribution in [1.82, 2.24) is 19.3 Å². The van der Waals surface area contributed by atoms with Crippen LogP contribution >= 0.6 is 0 Å². The number of piperidine rings is 1. The number of hydrogen-bond donors (Lipinski definition) is 3. The number of rotatable bonds is 5. The maximum absolute atomic E-state index is 13.3. The van der Waals surface area contributed by atoms with Gasteiger partial charge in [0.1, 0.15) is 17.5 Å². The van der Waals surface area contributed by atoms with Crippen LogP contribution in [-0.4, -0.2) is 58.0 Å². The number of halogens is 3. The zero-order chi connectivity index (χ0) is 27.9. The molecule has 3 N–H and O–H groups in total. The van der Waals surface area contributed by atoms with Gasteiger partial charge in [0.05, 0.1) is 28.2 Å². The maximum atomic E-state index is 13.3. The Labute approximate surface area is 222 Å². The molecular weight excluding hydrogens is 533 g/mol. The van der Waals surface area contributed by atoms with Crippen LogP contribution < -0.4 is 5.32 Å². The lowest BCUT2D eigenvalue weighted by molar-refractivity contribution is -0.137. The Morgan fingerprint density at radius 2 is 1.90 bits per heavy atom. The van der Waals surface area contributed by atoms with Crippen LogP contribution in [-0.2, 0) is 16.2 Å². The summed E-state index contributed by atoms with van der Waals surface area (Å²) in [5.41, 5.74) is 2.52. The third kappa shape index (κ3) is 5.06. The smallest absolute Gasteiger partial charge is 0.390 e. The summed E-state index contributed by atoms with van der Waals surface area (Å²) in [6.45, 7) is 1.79. The summed E-state index contributed by atoms with van der Waals surface area (Å²) in [5, 5.41) is 23.6. The lowest BCUT2D eigenvalue weighted by Crippen LogP contribution is -2.51. The standard InChI is InChI=1S/C26H23F3N6O3S/c1-15-20(13-33-25-24(15)17(10-30)11-32-25)16-2-5-19(6-3-16)39(37,38)35-9-8-21(22(36)14-35)34-23-7-4-18(12-31-23)26(27,28)29/h2-7,11-13,21-22,36H,8-9,14H2,1H3,(H,31,34)(H,32,33)/t21-,22+/m1/s1. The summed E-state index contributed by atoms with van der Waals surface area (Å²) in [4.78, 5) is 11.1. The van der Waals surface area contributed by atoms with Gasteiger partial charge in [-0.3, -0.25) is 0 Å². The van der Waals surface area contributed by atoms with Crippen molar-refractivity contribution in [3.8, 4) is 17.2 Å². The molecular formula is C26H23F3N6O3S. The highest BCUT2D eigenvalue weighted by Crippen LogP contribution is 2.32. The highest BCUT2D eigenvalue weighted by atomic mass is 32.2. The molecule has 1 aliphatic heterocycles. The van der Waals surface area contributed by atoms with Gasteiger partial charge in [-0.2, -0.15) is 22.7 Å². The number of aromatic amines is 1. The normalized spacial score (nSPS) is 18.7. The number of alkyl halides is 3. The van der Waals surface area contributed by atoms with Crippen LogP contribution in [0.15, 0.2) is 59.9 Å². The monoisotopic (exact) mass is 556 g/mol. The molecule has 0 amide bonds. The van der Waals surface area contributed by atoms with Crippen molar-refractivity contribution in [2.45, 2.75) is 36.6 Å². The number of nitriles is 1. The molecule has 13 heteroatoms. The van der Waals surface area contributed by atoms with E-state index in [-0.39, 0.29) is 30.2 Å². The Hall–Kier alpha value is -3.99. The first-order chi connectivity index (χ1) is 18.5. The van der Waals surface area contributed by atoms with E-state index in [1.165, 1.54) is 22.5 Å². The number of aryl methyl sites for hydroxylation is 1. The highest BCUT2D eigenvalue weighted by Gasteiger charge is 2.35.